The second-order valence-corrected chi connectivity index (χ2v) is 8.09. The Morgan fingerprint density at radius 3 is 2.52 bits per heavy atom. The van der Waals surface area contributed by atoms with Gasteiger partial charge in [-0.25, -0.2) is 18.1 Å². The molecule has 0 aliphatic rings. The molecule has 1 rings (SSSR count). The topological polar surface area (TPSA) is 91.8 Å². The van der Waals surface area contributed by atoms with Crippen LogP contribution in [0.1, 0.15) is 32.8 Å². The molecule has 0 radical (unpaired) electrons. The smallest absolute Gasteiger partial charge is 0.211 e. The monoisotopic (exact) mass is 512 g/mol. The van der Waals surface area contributed by atoms with E-state index in [2.05, 4.69) is 20.3 Å². The van der Waals surface area contributed by atoms with E-state index in [0.29, 0.717) is 32.0 Å². The van der Waals surface area contributed by atoms with Gasteiger partial charge in [0.2, 0.25) is 10.0 Å². The second kappa shape index (κ2) is 14.0. The Morgan fingerprint density at radius 1 is 1.19 bits per heavy atom. The third-order valence-corrected chi connectivity index (χ3v) is 5.02. The van der Waals surface area contributed by atoms with E-state index in [1.807, 2.05) is 45.0 Å². The van der Waals surface area contributed by atoms with E-state index >= 15 is 0 Å². The van der Waals surface area contributed by atoms with Gasteiger partial charge >= 0.3 is 0 Å². The van der Waals surface area contributed by atoms with Crippen LogP contribution >= 0.6 is 24.0 Å². The van der Waals surface area contributed by atoms with Crippen LogP contribution in [0.3, 0.4) is 0 Å². The van der Waals surface area contributed by atoms with E-state index in [-0.39, 0.29) is 35.8 Å². The summed E-state index contributed by atoms with van der Waals surface area (Å²) in [6.07, 6.45) is 0.627. The summed E-state index contributed by atoms with van der Waals surface area (Å²) in [4.78, 5) is 4.53. The molecule has 1 aromatic carbocycles. The lowest BCUT2D eigenvalue weighted by Gasteiger charge is -2.16. The van der Waals surface area contributed by atoms with Crippen molar-refractivity contribution in [3.8, 4) is 5.75 Å². The molecule has 3 N–H and O–H groups in total. The molecule has 0 aliphatic heterocycles. The molecule has 1 unspecified atom stereocenters. The Kier molecular flexibility index (Phi) is 13.4. The first-order valence-corrected chi connectivity index (χ1v) is 10.7. The molecule has 0 amide bonds. The first kappa shape index (κ1) is 25.9. The molecule has 1 atom stereocenters. The van der Waals surface area contributed by atoms with Crippen molar-refractivity contribution in [2.45, 2.75) is 40.2 Å². The lowest BCUT2D eigenvalue weighted by molar-refractivity contribution is 0.228. The standard InChI is InChI=1S/C18H32N4O3S.HI/c1-5-19-18(20-12-9-13-22-26(23,24)6-2)21-14-16(4)25-17-11-8-7-10-15(17)3;/h7-8,10-11,16,22H,5-6,9,12-14H2,1-4H3,(H2,19,20,21);1H. The fraction of sp³-hybridized carbons (Fsp3) is 0.611. The number of para-hydroxylation sites is 1. The number of halogens is 1. The summed E-state index contributed by atoms with van der Waals surface area (Å²) >= 11 is 0. The van der Waals surface area contributed by atoms with Gasteiger partial charge < -0.3 is 15.4 Å². The maximum Gasteiger partial charge on any atom is 0.211 e. The molecule has 0 bridgehead atoms. The van der Waals surface area contributed by atoms with Crippen LogP contribution in [0.25, 0.3) is 0 Å². The molecule has 0 spiro atoms. The van der Waals surface area contributed by atoms with E-state index in [9.17, 15) is 8.42 Å². The zero-order valence-electron chi connectivity index (χ0n) is 16.6. The van der Waals surface area contributed by atoms with E-state index in [1.165, 1.54) is 0 Å². The number of hydrogen-bond acceptors (Lipinski definition) is 4. The Morgan fingerprint density at radius 2 is 1.89 bits per heavy atom. The van der Waals surface area contributed by atoms with Gasteiger partial charge in [0, 0.05) is 19.6 Å². The summed E-state index contributed by atoms with van der Waals surface area (Å²) in [6, 6.07) is 7.91. The van der Waals surface area contributed by atoms with E-state index in [1.54, 1.807) is 6.92 Å². The van der Waals surface area contributed by atoms with Crippen LogP contribution in [0, 0.1) is 6.92 Å². The lowest BCUT2D eigenvalue weighted by Crippen LogP contribution is -2.39. The summed E-state index contributed by atoms with van der Waals surface area (Å²) in [5.74, 6) is 1.67. The number of sulfonamides is 1. The van der Waals surface area contributed by atoms with Crippen LogP contribution in [0.5, 0.6) is 5.75 Å². The second-order valence-electron chi connectivity index (χ2n) is 5.99. The maximum absolute atomic E-state index is 11.4. The molecular weight excluding hydrogens is 479 g/mol. The number of hydrogen-bond donors (Lipinski definition) is 3. The fourth-order valence-electron chi connectivity index (χ4n) is 2.13. The largest absolute Gasteiger partial charge is 0.489 e. The predicted molar refractivity (Wildman–Crippen MR) is 123 cm³/mol. The van der Waals surface area contributed by atoms with Crippen molar-refractivity contribution < 1.29 is 13.2 Å². The molecule has 7 nitrogen and oxygen atoms in total. The van der Waals surface area contributed by atoms with E-state index < -0.39 is 10.0 Å². The van der Waals surface area contributed by atoms with Gasteiger partial charge in [-0.15, -0.1) is 24.0 Å². The van der Waals surface area contributed by atoms with Crippen molar-refractivity contribution in [2.24, 2.45) is 4.99 Å². The number of nitrogens with zero attached hydrogens (tertiary/aromatic N) is 1. The quantitative estimate of drug-likeness (QED) is 0.183. The average Bonchev–Trinajstić information content (AvgIpc) is 2.61. The van der Waals surface area contributed by atoms with Crippen molar-refractivity contribution in [3.63, 3.8) is 0 Å². The highest BCUT2D eigenvalue weighted by Crippen LogP contribution is 2.17. The van der Waals surface area contributed by atoms with Crippen molar-refractivity contribution in [1.29, 1.82) is 0 Å². The Bertz CT molecular complexity index is 668. The molecule has 0 saturated heterocycles. The van der Waals surface area contributed by atoms with Crippen LogP contribution in [0.4, 0.5) is 0 Å². The number of benzene rings is 1. The Balaban J connectivity index is 0.00000676. The van der Waals surface area contributed by atoms with Gasteiger partial charge in [-0.3, -0.25) is 0 Å². The summed E-state index contributed by atoms with van der Waals surface area (Å²) < 4.78 is 31.2. The number of nitrogens with one attached hydrogen (secondary N) is 3. The Hall–Kier alpha value is -1.07. The maximum atomic E-state index is 11.4. The lowest BCUT2D eigenvalue weighted by atomic mass is 10.2. The van der Waals surface area contributed by atoms with Gasteiger partial charge in [-0.2, -0.15) is 0 Å². The van der Waals surface area contributed by atoms with Crippen LogP contribution in [0.2, 0.25) is 0 Å². The zero-order valence-corrected chi connectivity index (χ0v) is 19.8. The molecule has 0 fully saturated rings. The normalized spacial score (nSPS) is 12.8. The van der Waals surface area contributed by atoms with Crippen LogP contribution in [0.15, 0.2) is 29.3 Å². The van der Waals surface area contributed by atoms with Gasteiger partial charge in [0.1, 0.15) is 11.9 Å². The van der Waals surface area contributed by atoms with Crippen molar-refractivity contribution in [2.75, 3.05) is 31.9 Å². The third kappa shape index (κ3) is 11.4. The van der Waals surface area contributed by atoms with E-state index in [4.69, 9.17) is 4.74 Å². The van der Waals surface area contributed by atoms with Gasteiger partial charge in [0.15, 0.2) is 5.96 Å². The minimum atomic E-state index is -3.13. The minimum absolute atomic E-state index is 0. The van der Waals surface area contributed by atoms with Gasteiger partial charge in [-0.1, -0.05) is 18.2 Å². The molecule has 0 aromatic heterocycles. The molecule has 0 saturated carbocycles. The van der Waals surface area contributed by atoms with Crippen molar-refractivity contribution in [1.82, 2.24) is 15.4 Å². The van der Waals surface area contributed by atoms with Crippen molar-refractivity contribution in [3.05, 3.63) is 29.8 Å². The molecule has 0 aliphatic carbocycles. The molecular formula is C18H33IN4O3S. The van der Waals surface area contributed by atoms with E-state index in [0.717, 1.165) is 17.9 Å². The fourth-order valence-corrected chi connectivity index (χ4v) is 2.79. The molecule has 0 heterocycles. The molecule has 1 aromatic rings. The zero-order chi connectivity index (χ0) is 19.4. The summed E-state index contributed by atoms with van der Waals surface area (Å²) in [5, 5.41) is 6.38. The number of aliphatic imine (C=N–C) groups is 1. The number of ether oxygens (including phenoxy) is 1. The van der Waals surface area contributed by atoms with Gasteiger partial charge in [0.05, 0.1) is 12.3 Å². The van der Waals surface area contributed by atoms with Gasteiger partial charge in [0.25, 0.3) is 0 Å². The van der Waals surface area contributed by atoms with Gasteiger partial charge in [-0.05, 0) is 45.7 Å². The molecule has 9 heteroatoms. The number of aryl methyl sites for hydroxylation is 1. The SMILES string of the molecule is CCNC(=NCC(C)Oc1ccccc1C)NCCCNS(=O)(=O)CC.I. The Labute approximate surface area is 180 Å². The minimum Gasteiger partial charge on any atom is -0.489 e. The van der Waals surface area contributed by atoms with Crippen LogP contribution in [-0.4, -0.2) is 52.4 Å². The number of guanidine groups is 1. The highest BCUT2D eigenvalue weighted by molar-refractivity contribution is 14.0. The summed E-state index contributed by atoms with van der Waals surface area (Å²) in [6.45, 7) is 9.94. The third-order valence-electron chi connectivity index (χ3n) is 3.62. The average molecular weight is 512 g/mol. The molecule has 27 heavy (non-hydrogen) atoms. The number of rotatable bonds is 11. The summed E-state index contributed by atoms with van der Waals surface area (Å²) in [5.41, 5.74) is 1.10. The highest BCUT2D eigenvalue weighted by atomic mass is 127. The first-order chi connectivity index (χ1) is 12.4. The van der Waals surface area contributed by atoms with Crippen LogP contribution < -0.4 is 20.1 Å². The molecule has 156 valence electrons. The predicted octanol–water partition coefficient (Wildman–Crippen LogP) is 2.26. The highest BCUT2D eigenvalue weighted by Gasteiger charge is 2.07. The van der Waals surface area contributed by atoms with Crippen molar-refractivity contribution >= 4 is 40.0 Å². The first-order valence-electron chi connectivity index (χ1n) is 9.09. The van der Waals surface area contributed by atoms with Crippen LogP contribution in [-0.2, 0) is 10.0 Å². The summed E-state index contributed by atoms with van der Waals surface area (Å²) in [7, 11) is -3.13.